The largest absolute Gasteiger partial charge is 0.336 e. The molecule has 1 aromatic carbocycles. The number of rotatable bonds is 3. The first-order valence-corrected chi connectivity index (χ1v) is 10.1. The molecule has 2 saturated heterocycles. The molecule has 8 heteroatoms. The molecule has 7 nitrogen and oxygen atoms in total. The van der Waals surface area contributed by atoms with Crippen LogP contribution in [0.25, 0.3) is 0 Å². The lowest BCUT2D eigenvalue weighted by molar-refractivity contribution is 0.0664. The first-order valence-electron chi connectivity index (χ1n) is 8.64. The van der Waals surface area contributed by atoms with E-state index < -0.39 is 10.0 Å². The molecule has 2 aliphatic rings. The fourth-order valence-corrected chi connectivity index (χ4v) is 4.63. The number of hydrogen-bond acceptors (Lipinski definition) is 5. The monoisotopic (exact) mass is 366 g/mol. The van der Waals surface area contributed by atoms with Crippen LogP contribution in [0.5, 0.6) is 0 Å². The van der Waals surface area contributed by atoms with Gasteiger partial charge in [0.05, 0.1) is 4.90 Å². The number of likely N-dealkylation sites (N-methyl/N-ethyl adjacent to an activating group) is 2. The standard InChI is InChI=1S/C17H26N4O3S/c1-18-6-10-20(11-7-18)17(22)15-4-3-5-16(14-15)25(23,24)21-12-8-19(2)9-13-21/h3-5,14H,6-13H2,1-2H3. The molecule has 1 amide bonds. The second-order valence-electron chi connectivity index (χ2n) is 6.83. The van der Waals surface area contributed by atoms with E-state index in [1.807, 2.05) is 14.1 Å². The zero-order valence-corrected chi connectivity index (χ0v) is 15.7. The molecule has 0 bridgehead atoms. The topological polar surface area (TPSA) is 64.2 Å². The van der Waals surface area contributed by atoms with Crippen molar-refractivity contribution < 1.29 is 13.2 Å². The zero-order valence-electron chi connectivity index (χ0n) is 14.9. The normalized spacial score (nSPS) is 21.4. The van der Waals surface area contributed by atoms with E-state index in [9.17, 15) is 13.2 Å². The van der Waals surface area contributed by atoms with Gasteiger partial charge in [-0.2, -0.15) is 4.31 Å². The Morgan fingerprint density at radius 2 is 1.44 bits per heavy atom. The minimum atomic E-state index is -3.55. The van der Waals surface area contributed by atoms with Gasteiger partial charge in [0.1, 0.15) is 0 Å². The summed E-state index contributed by atoms with van der Waals surface area (Å²) in [7, 11) is 0.465. The van der Waals surface area contributed by atoms with E-state index in [1.54, 1.807) is 23.1 Å². The quantitative estimate of drug-likeness (QED) is 0.754. The Labute approximate surface area is 149 Å². The predicted octanol–water partition coefficient (Wildman–Crippen LogP) is 0.0103. The van der Waals surface area contributed by atoms with E-state index in [2.05, 4.69) is 9.80 Å². The van der Waals surface area contributed by atoms with Gasteiger partial charge < -0.3 is 14.7 Å². The SMILES string of the molecule is CN1CCN(C(=O)c2cccc(S(=O)(=O)N3CCN(C)CC3)c2)CC1. The van der Waals surface area contributed by atoms with E-state index in [0.29, 0.717) is 31.7 Å². The molecular formula is C17H26N4O3S. The number of nitrogens with zero attached hydrogens (tertiary/aromatic N) is 4. The van der Waals surface area contributed by atoms with E-state index in [-0.39, 0.29) is 10.8 Å². The first kappa shape index (κ1) is 18.3. The van der Waals surface area contributed by atoms with Gasteiger partial charge in [0, 0.05) is 57.9 Å². The molecule has 0 aromatic heterocycles. The second kappa shape index (κ2) is 7.41. The summed E-state index contributed by atoms with van der Waals surface area (Å²) in [6.45, 7) is 5.43. The lowest BCUT2D eigenvalue weighted by atomic mass is 10.2. The van der Waals surface area contributed by atoms with Crippen molar-refractivity contribution in [1.29, 1.82) is 0 Å². The maximum atomic E-state index is 12.9. The lowest BCUT2D eigenvalue weighted by Crippen LogP contribution is -2.47. The summed E-state index contributed by atoms with van der Waals surface area (Å²) in [4.78, 5) is 19.0. The van der Waals surface area contributed by atoms with Crippen molar-refractivity contribution in [2.24, 2.45) is 0 Å². The van der Waals surface area contributed by atoms with Crippen molar-refractivity contribution in [3.05, 3.63) is 29.8 Å². The van der Waals surface area contributed by atoms with Crippen molar-refractivity contribution in [3.63, 3.8) is 0 Å². The van der Waals surface area contributed by atoms with Crippen LogP contribution in [0.15, 0.2) is 29.2 Å². The van der Waals surface area contributed by atoms with Crippen LogP contribution in [0.1, 0.15) is 10.4 Å². The van der Waals surface area contributed by atoms with Crippen LogP contribution in [0, 0.1) is 0 Å². The number of carbonyl (C=O) groups is 1. The van der Waals surface area contributed by atoms with Crippen molar-refractivity contribution >= 4 is 15.9 Å². The van der Waals surface area contributed by atoms with Gasteiger partial charge in [-0.25, -0.2) is 8.42 Å². The second-order valence-corrected chi connectivity index (χ2v) is 8.77. The molecule has 2 heterocycles. The van der Waals surface area contributed by atoms with Crippen molar-refractivity contribution in [2.45, 2.75) is 4.90 Å². The zero-order chi connectivity index (χ0) is 18.0. The van der Waals surface area contributed by atoms with Gasteiger partial charge in [-0.3, -0.25) is 4.79 Å². The molecule has 2 aliphatic heterocycles. The fraction of sp³-hybridized carbons (Fsp3) is 0.588. The third kappa shape index (κ3) is 4.03. The molecule has 2 fully saturated rings. The van der Waals surface area contributed by atoms with Gasteiger partial charge >= 0.3 is 0 Å². The molecule has 138 valence electrons. The molecule has 0 saturated carbocycles. The fourth-order valence-electron chi connectivity index (χ4n) is 3.16. The summed E-state index contributed by atoms with van der Waals surface area (Å²) in [5.41, 5.74) is 0.444. The molecular weight excluding hydrogens is 340 g/mol. The van der Waals surface area contributed by atoms with Crippen LogP contribution < -0.4 is 0 Å². The summed E-state index contributed by atoms with van der Waals surface area (Å²) < 4.78 is 27.2. The summed E-state index contributed by atoms with van der Waals surface area (Å²) in [6.07, 6.45) is 0. The summed E-state index contributed by atoms with van der Waals surface area (Å²) in [5.74, 6) is -0.0940. The van der Waals surface area contributed by atoms with Crippen molar-refractivity contribution in [2.75, 3.05) is 66.5 Å². The van der Waals surface area contributed by atoms with Crippen LogP contribution in [-0.4, -0.2) is 99.8 Å². The highest BCUT2D eigenvalue weighted by Gasteiger charge is 2.28. The molecule has 0 radical (unpaired) electrons. The average Bonchev–Trinajstić information content (AvgIpc) is 2.62. The van der Waals surface area contributed by atoms with Crippen LogP contribution in [-0.2, 0) is 10.0 Å². The highest BCUT2D eigenvalue weighted by atomic mass is 32.2. The minimum absolute atomic E-state index is 0.0940. The maximum absolute atomic E-state index is 12.9. The summed E-state index contributed by atoms with van der Waals surface area (Å²) >= 11 is 0. The number of benzene rings is 1. The smallest absolute Gasteiger partial charge is 0.253 e. The molecule has 0 unspecified atom stereocenters. The van der Waals surface area contributed by atoms with Gasteiger partial charge in [-0.15, -0.1) is 0 Å². The van der Waals surface area contributed by atoms with E-state index in [4.69, 9.17) is 0 Å². The molecule has 0 aliphatic carbocycles. The van der Waals surface area contributed by atoms with Crippen molar-refractivity contribution in [1.82, 2.24) is 19.0 Å². The predicted molar refractivity (Wildman–Crippen MR) is 96.1 cm³/mol. The Morgan fingerprint density at radius 1 is 0.880 bits per heavy atom. The van der Waals surface area contributed by atoms with Crippen molar-refractivity contribution in [3.8, 4) is 0 Å². The number of piperazine rings is 2. The molecule has 0 atom stereocenters. The van der Waals surface area contributed by atoms with Crippen LogP contribution in [0.3, 0.4) is 0 Å². The molecule has 0 N–H and O–H groups in total. The summed E-state index contributed by atoms with van der Waals surface area (Å²) in [6, 6.07) is 6.46. The number of amides is 1. The Hall–Kier alpha value is -1.48. The molecule has 1 aromatic rings. The number of sulfonamides is 1. The molecule has 25 heavy (non-hydrogen) atoms. The van der Waals surface area contributed by atoms with E-state index >= 15 is 0 Å². The number of carbonyl (C=O) groups excluding carboxylic acids is 1. The van der Waals surface area contributed by atoms with Crippen LogP contribution in [0.4, 0.5) is 0 Å². The Balaban J connectivity index is 1.78. The van der Waals surface area contributed by atoms with Crippen LogP contribution >= 0.6 is 0 Å². The van der Waals surface area contributed by atoms with E-state index in [0.717, 1.165) is 26.2 Å². The van der Waals surface area contributed by atoms with Gasteiger partial charge in [0.25, 0.3) is 5.91 Å². The highest BCUT2D eigenvalue weighted by Crippen LogP contribution is 2.19. The Kier molecular flexibility index (Phi) is 5.43. The maximum Gasteiger partial charge on any atom is 0.253 e. The van der Waals surface area contributed by atoms with Gasteiger partial charge in [-0.05, 0) is 32.3 Å². The Morgan fingerprint density at radius 3 is 2.04 bits per heavy atom. The lowest BCUT2D eigenvalue weighted by Gasteiger charge is -2.33. The first-order chi connectivity index (χ1) is 11.9. The van der Waals surface area contributed by atoms with Crippen LogP contribution in [0.2, 0.25) is 0 Å². The van der Waals surface area contributed by atoms with Gasteiger partial charge in [0.15, 0.2) is 0 Å². The highest BCUT2D eigenvalue weighted by molar-refractivity contribution is 7.89. The molecule has 0 spiro atoms. The van der Waals surface area contributed by atoms with Gasteiger partial charge in [-0.1, -0.05) is 6.07 Å². The molecule has 3 rings (SSSR count). The third-order valence-electron chi connectivity index (χ3n) is 4.97. The third-order valence-corrected chi connectivity index (χ3v) is 6.87. The summed E-state index contributed by atoms with van der Waals surface area (Å²) in [5, 5.41) is 0. The van der Waals surface area contributed by atoms with Gasteiger partial charge in [0.2, 0.25) is 10.0 Å². The minimum Gasteiger partial charge on any atom is -0.336 e. The average molecular weight is 366 g/mol. The number of hydrogen-bond donors (Lipinski definition) is 0. The van der Waals surface area contributed by atoms with E-state index in [1.165, 1.54) is 10.4 Å². The Bertz CT molecular complexity index is 721.